The Labute approximate surface area is 59.8 Å². The molecule has 0 aromatic heterocycles. The van der Waals surface area contributed by atoms with Crippen LogP contribution in [0.25, 0.3) is 0 Å². The van der Waals surface area contributed by atoms with Crippen LogP contribution in [0.15, 0.2) is 24.0 Å². The summed E-state index contributed by atoms with van der Waals surface area (Å²) in [7, 11) is 0. The molecule has 2 N–H and O–H groups in total. The van der Waals surface area contributed by atoms with E-state index in [4.69, 9.17) is 5.73 Å². The highest BCUT2D eigenvalue weighted by atomic mass is 16.2. The van der Waals surface area contributed by atoms with Gasteiger partial charge in [-0.3, -0.25) is 4.79 Å². The van der Waals surface area contributed by atoms with Crippen molar-refractivity contribution in [3.05, 3.63) is 24.0 Å². The van der Waals surface area contributed by atoms with E-state index < -0.39 is 0 Å². The second-order valence-corrected chi connectivity index (χ2v) is 2.23. The summed E-state index contributed by atoms with van der Waals surface area (Å²) in [6.45, 7) is 2.04. The third-order valence-electron chi connectivity index (χ3n) is 1.33. The molecular formula is C7H10N2O. The van der Waals surface area contributed by atoms with Crippen LogP contribution in [0.3, 0.4) is 0 Å². The highest BCUT2D eigenvalue weighted by Gasteiger charge is 2.07. The van der Waals surface area contributed by atoms with Crippen LogP contribution < -0.4 is 5.73 Å². The van der Waals surface area contributed by atoms with Gasteiger partial charge in [-0.05, 0) is 12.2 Å². The van der Waals surface area contributed by atoms with Crippen molar-refractivity contribution in [2.45, 2.75) is 6.92 Å². The Morgan fingerprint density at radius 3 is 2.90 bits per heavy atom. The van der Waals surface area contributed by atoms with Gasteiger partial charge >= 0.3 is 0 Å². The maximum Gasteiger partial charge on any atom is 0.223 e. The minimum absolute atomic E-state index is 0.0206. The number of carbonyl (C=O) groups excluding carboxylic acids is 1. The van der Waals surface area contributed by atoms with Gasteiger partial charge in [0, 0.05) is 18.8 Å². The normalized spacial score (nSPS) is 16.9. The monoisotopic (exact) mass is 138 g/mol. The Kier molecular flexibility index (Phi) is 1.76. The number of hydrogen-bond acceptors (Lipinski definition) is 2. The number of allylic oxidation sites excluding steroid dienone is 2. The van der Waals surface area contributed by atoms with E-state index in [1.807, 2.05) is 0 Å². The van der Waals surface area contributed by atoms with Gasteiger partial charge in [-0.25, -0.2) is 0 Å². The van der Waals surface area contributed by atoms with Gasteiger partial charge in [0.05, 0.1) is 6.54 Å². The first kappa shape index (κ1) is 6.86. The number of rotatable bonds is 0. The lowest BCUT2D eigenvalue weighted by Gasteiger charge is -2.18. The van der Waals surface area contributed by atoms with Gasteiger partial charge < -0.3 is 10.6 Å². The summed E-state index contributed by atoms with van der Waals surface area (Å²) >= 11 is 0. The van der Waals surface area contributed by atoms with Gasteiger partial charge in [-0.2, -0.15) is 0 Å². The standard InChI is InChI=1S/C7H10N2O/c1-6(10)9-4-2-3-7(8)5-9/h2-4H,5,8H2,1H3. The Bertz CT molecular complexity index is 206. The Morgan fingerprint density at radius 1 is 1.80 bits per heavy atom. The van der Waals surface area contributed by atoms with Crippen molar-refractivity contribution in [1.82, 2.24) is 4.90 Å². The molecule has 1 aliphatic heterocycles. The van der Waals surface area contributed by atoms with E-state index in [0.717, 1.165) is 5.70 Å². The molecule has 1 amide bonds. The Morgan fingerprint density at radius 2 is 2.50 bits per heavy atom. The van der Waals surface area contributed by atoms with E-state index in [9.17, 15) is 4.79 Å². The second kappa shape index (κ2) is 2.56. The number of carbonyl (C=O) groups is 1. The number of nitrogens with two attached hydrogens (primary N) is 1. The maximum absolute atomic E-state index is 10.7. The molecular weight excluding hydrogens is 128 g/mol. The predicted octanol–water partition coefficient (Wildman–Crippen LogP) is 0.205. The summed E-state index contributed by atoms with van der Waals surface area (Å²) in [5.74, 6) is 0.0206. The largest absolute Gasteiger partial charge is 0.401 e. The molecule has 10 heavy (non-hydrogen) atoms. The first-order chi connectivity index (χ1) is 4.70. The molecule has 1 aliphatic rings. The first-order valence-electron chi connectivity index (χ1n) is 3.10. The van der Waals surface area contributed by atoms with Crippen molar-refractivity contribution < 1.29 is 4.79 Å². The Hall–Kier alpha value is -1.25. The molecule has 0 unspecified atom stereocenters. The minimum Gasteiger partial charge on any atom is -0.401 e. The summed E-state index contributed by atoms with van der Waals surface area (Å²) in [5.41, 5.74) is 6.20. The average molecular weight is 138 g/mol. The topological polar surface area (TPSA) is 46.3 Å². The van der Waals surface area contributed by atoms with Gasteiger partial charge in [-0.1, -0.05) is 0 Å². The van der Waals surface area contributed by atoms with Crippen LogP contribution in [0.2, 0.25) is 0 Å². The molecule has 3 nitrogen and oxygen atoms in total. The summed E-state index contributed by atoms with van der Waals surface area (Å²) in [6.07, 6.45) is 5.28. The molecule has 0 bridgehead atoms. The van der Waals surface area contributed by atoms with Gasteiger partial charge in [-0.15, -0.1) is 0 Å². The summed E-state index contributed by atoms with van der Waals surface area (Å²) in [4.78, 5) is 12.3. The van der Waals surface area contributed by atoms with Crippen LogP contribution in [0.4, 0.5) is 0 Å². The molecule has 3 heteroatoms. The first-order valence-corrected chi connectivity index (χ1v) is 3.10. The van der Waals surface area contributed by atoms with Crippen LogP contribution in [0, 0.1) is 0 Å². The average Bonchev–Trinajstić information content (AvgIpc) is 1.88. The quantitative estimate of drug-likeness (QED) is 0.520. The maximum atomic E-state index is 10.7. The van der Waals surface area contributed by atoms with Crippen molar-refractivity contribution in [1.29, 1.82) is 0 Å². The molecule has 1 heterocycles. The second-order valence-electron chi connectivity index (χ2n) is 2.23. The molecule has 0 radical (unpaired) electrons. The zero-order chi connectivity index (χ0) is 7.56. The fourth-order valence-corrected chi connectivity index (χ4v) is 0.789. The van der Waals surface area contributed by atoms with E-state index >= 15 is 0 Å². The van der Waals surface area contributed by atoms with E-state index in [2.05, 4.69) is 0 Å². The SMILES string of the molecule is CC(=O)N1C=CC=C(N)C1. The van der Waals surface area contributed by atoms with Crippen molar-refractivity contribution in [3.63, 3.8) is 0 Å². The summed E-state index contributed by atoms with van der Waals surface area (Å²) < 4.78 is 0. The highest BCUT2D eigenvalue weighted by Crippen LogP contribution is 2.01. The van der Waals surface area contributed by atoms with E-state index in [1.165, 1.54) is 6.92 Å². The molecule has 0 atom stereocenters. The molecule has 54 valence electrons. The Balaban J connectivity index is 2.64. The van der Waals surface area contributed by atoms with Gasteiger partial charge in [0.2, 0.25) is 5.91 Å². The lowest BCUT2D eigenvalue weighted by atomic mass is 10.3. The molecule has 0 spiro atoms. The molecule has 0 saturated carbocycles. The van der Waals surface area contributed by atoms with Crippen LogP contribution in [0.1, 0.15) is 6.92 Å². The zero-order valence-corrected chi connectivity index (χ0v) is 5.87. The predicted molar refractivity (Wildman–Crippen MR) is 38.8 cm³/mol. The minimum atomic E-state index is 0.0206. The smallest absolute Gasteiger partial charge is 0.223 e. The van der Waals surface area contributed by atoms with Crippen LogP contribution in [-0.4, -0.2) is 17.4 Å². The van der Waals surface area contributed by atoms with Crippen molar-refractivity contribution in [2.75, 3.05) is 6.54 Å². The van der Waals surface area contributed by atoms with Crippen molar-refractivity contribution >= 4 is 5.91 Å². The van der Waals surface area contributed by atoms with E-state index in [1.54, 1.807) is 23.3 Å². The zero-order valence-electron chi connectivity index (χ0n) is 5.87. The van der Waals surface area contributed by atoms with Crippen LogP contribution in [-0.2, 0) is 4.79 Å². The van der Waals surface area contributed by atoms with Gasteiger partial charge in [0.25, 0.3) is 0 Å². The summed E-state index contributed by atoms with van der Waals surface area (Å²) in [5, 5.41) is 0. The number of amides is 1. The van der Waals surface area contributed by atoms with Gasteiger partial charge in [0.1, 0.15) is 0 Å². The molecule has 0 aromatic rings. The lowest BCUT2D eigenvalue weighted by Crippen LogP contribution is -2.29. The van der Waals surface area contributed by atoms with E-state index in [0.29, 0.717) is 6.54 Å². The fourth-order valence-electron chi connectivity index (χ4n) is 0.789. The fraction of sp³-hybridized carbons (Fsp3) is 0.286. The third-order valence-corrected chi connectivity index (χ3v) is 1.33. The van der Waals surface area contributed by atoms with E-state index in [-0.39, 0.29) is 5.91 Å². The van der Waals surface area contributed by atoms with Gasteiger partial charge in [0.15, 0.2) is 0 Å². The molecule has 1 rings (SSSR count). The van der Waals surface area contributed by atoms with Crippen LogP contribution in [0.5, 0.6) is 0 Å². The molecule has 0 aliphatic carbocycles. The van der Waals surface area contributed by atoms with Crippen molar-refractivity contribution in [3.8, 4) is 0 Å². The van der Waals surface area contributed by atoms with Crippen molar-refractivity contribution in [2.24, 2.45) is 5.73 Å². The number of nitrogens with zero attached hydrogens (tertiary/aromatic N) is 1. The highest BCUT2D eigenvalue weighted by molar-refractivity contribution is 5.75. The molecule has 0 fully saturated rings. The summed E-state index contributed by atoms with van der Waals surface area (Å²) in [6, 6.07) is 0. The molecule has 0 aromatic carbocycles. The van der Waals surface area contributed by atoms with Crippen LogP contribution >= 0.6 is 0 Å². The third kappa shape index (κ3) is 1.37. The molecule has 0 saturated heterocycles. The number of hydrogen-bond donors (Lipinski definition) is 1. The lowest BCUT2D eigenvalue weighted by molar-refractivity contribution is -0.126.